The van der Waals surface area contributed by atoms with Crippen molar-refractivity contribution in [3.63, 3.8) is 0 Å². The van der Waals surface area contributed by atoms with Crippen molar-refractivity contribution in [3.8, 4) is 5.82 Å². The quantitative estimate of drug-likeness (QED) is 0.788. The second kappa shape index (κ2) is 6.01. The Morgan fingerprint density at radius 1 is 1.00 bits per heavy atom. The van der Waals surface area contributed by atoms with Crippen molar-refractivity contribution < 1.29 is 5.11 Å². The summed E-state index contributed by atoms with van der Waals surface area (Å²) in [6.45, 7) is 1.40. The summed E-state index contributed by atoms with van der Waals surface area (Å²) in [7, 11) is 0. The van der Waals surface area contributed by atoms with E-state index in [1.54, 1.807) is 29.5 Å². The summed E-state index contributed by atoms with van der Waals surface area (Å²) in [5, 5.41) is 15.1. The molecule has 4 heterocycles. The van der Waals surface area contributed by atoms with E-state index in [2.05, 4.69) is 25.0 Å². The number of piperidine rings is 1. The van der Waals surface area contributed by atoms with Gasteiger partial charge in [0.05, 0.1) is 18.1 Å². The third-order valence-corrected chi connectivity index (χ3v) is 4.40. The van der Waals surface area contributed by atoms with Crippen molar-refractivity contribution in [1.82, 2.24) is 24.7 Å². The van der Waals surface area contributed by atoms with Gasteiger partial charge in [0.2, 0.25) is 0 Å². The van der Waals surface area contributed by atoms with E-state index in [4.69, 9.17) is 0 Å². The Hall–Kier alpha value is -2.80. The third-order valence-electron chi connectivity index (χ3n) is 4.40. The van der Waals surface area contributed by atoms with E-state index in [-0.39, 0.29) is 0 Å². The van der Waals surface area contributed by atoms with E-state index >= 15 is 0 Å². The molecule has 0 aromatic carbocycles. The average molecular weight is 322 g/mol. The fourth-order valence-electron chi connectivity index (χ4n) is 3.01. The standard InChI is InChI=1S/C17H18N6O/c24-17(14-4-1-2-7-19-14)5-10-22(11-6-17)15-12-18-13-16(21-15)23-9-3-8-20-23/h1-4,7-9,12-13,24H,5-6,10-11H2. The van der Waals surface area contributed by atoms with E-state index in [1.807, 2.05) is 30.5 Å². The molecule has 0 bridgehead atoms. The number of pyridine rings is 1. The molecule has 1 aliphatic heterocycles. The Balaban J connectivity index is 1.51. The lowest BCUT2D eigenvalue weighted by Gasteiger charge is -2.38. The molecule has 0 amide bonds. The highest BCUT2D eigenvalue weighted by Crippen LogP contribution is 2.32. The molecule has 4 rings (SSSR count). The van der Waals surface area contributed by atoms with Gasteiger partial charge in [0, 0.05) is 31.7 Å². The molecule has 0 atom stereocenters. The van der Waals surface area contributed by atoms with Crippen LogP contribution in [0.15, 0.2) is 55.2 Å². The van der Waals surface area contributed by atoms with Crippen LogP contribution in [-0.4, -0.2) is 42.9 Å². The van der Waals surface area contributed by atoms with Crippen molar-refractivity contribution in [1.29, 1.82) is 0 Å². The number of aliphatic hydroxyl groups is 1. The first kappa shape index (κ1) is 14.8. The lowest BCUT2D eigenvalue weighted by molar-refractivity contribution is 0.00749. The monoisotopic (exact) mass is 322 g/mol. The van der Waals surface area contributed by atoms with E-state index < -0.39 is 5.60 Å². The lowest BCUT2D eigenvalue weighted by Crippen LogP contribution is -2.43. The summed E-state index contributed by atoms with van der Waals surface area (Å²) >= 11 is 0. The third kappa shape index (κ3) is 2.74. The molecule has 122 valence electrons. The van der Waals surface area contributed by atoms with Crippen LogP contribution in [-0.2, 0) is 5.60 Å². The summed E-state index contributed by atoms with van der Waals surface area (Å²) in [6, 6.07) is 7.50. The molecule has 0 unspecified atom stereocenters. The zero-order valence-corrected chi connectivity index (χ0v) is 13.2. The molecular formula is C17H18N6O. The SMILES string of the molecule is OC1(c2ccccn2)CCN(c2cncc(-n3cccn3)n2)CC1. The molecule has 1 aliphatic rings. The summed E-state index contributed by atoms with van der Waals surface area (Å²) in [5.41, 5.74) is -0.133. The fourth-order valence-corrected chi connectivity index (χ4v) is 3.01. The summed E-state index contributed by atoms with van der Waals surface area (Å²) < 4.78 is 1.69. The lowest BCUT2D eigenvalue weighted by atomic mass is 9.88. The van der Waals surface area contributed by atoms with Gasteiger partial charge in [-0.1, -0.05) is 6.07 Å². The van der Waals surface area contributed by atoms with Crippen LogP contribution in [0, 0.1) is 0 Å². The van der Waals surface area contributed by atoms with Gasteiger partial charge in [-0.15, -0.1) is 0 Å². The molecule has 0 spiro atoms. The van der Waals surface area contributed by atoms with Crippen LogP contribution in [0.3, 0.4) is 0 Å². The molecule has 0 aliphatic carbocycles. The first-order valence-electron chi connectivity index (χ1n) is 7.95. The molecule has 7 heteroatoms. The topological polar surface area (TPSA) is 80.0 Å². The average Bonchev–Trinajstić information content (AvgIpc) is 3.18. The number of aromatic nitrogens is 5. The van der Waals surface area contributed by atoms with E-state index in [0.717, 1.165) is 11.5 Å². The maximum Gasteiger partial charge on any atom is 0.173 e. The van der Waals surface area contributed by atoms with Gasteiger partial charge in [0.25, 0.3) is 0 Å². The van der Waals surface area contributed by atoms with Crippen LogP contribution in [0.4, 0.5) is 5.82 Å². The molecule has 7 nitrogen and oxygen atoms in total. The first-order valence-corrected chi connectivity index (χ1v) is 7.95. The van der Waals surface area contributed by atoms with Crippen LogP contribution in [0.25, 0.3) is 5.82 Å². The number of rotatable bonds is 3. The Morgan fingerprint density at radius 3 is 2.54 bits per heavy atom. The number of nitrogens with zero attached hydrogens (tertiary/aromatic N) is 6. The van der Waals surface area contributed by atoms with Crippen LogP contribution in [0.2, 0.25) is 0 Å². The minimum Gasteiger partial charge on any atom is -0.383 e. The van der Waals surface area contributed by atoms with Gasteiger partial charge >= 0.3 is 0 Å². The van der Waals surface area contributed by atoms with Crippen molar-refractivity contribution >= 4 is 5.82 Å². The summed E-state index contributed by atoms with van der Waals surface area (Å²) in [6.07, 6.45) is 9.92. The van der Waals surface area contributed by atoms with Crippen LogP contribution >= 0.6 is 0 Å². The van der Waals surface area contributed by atoms with Crippen molar-refractivity contribution in [3.05, 3.63) is 60.9 Å². The van der Waals surface area contributed by atoms with Gasteiger partial charge in [-0.2, -0.15) is 5.10 Å². The summed E-state index contributed by atoms with van der Waals surface area (Å²) in [4.78, 5) is 15.3. The van der Waals surface area contributed by atoms with Gasteiger partial charge in [-0.25, -0.2) is 9.67 Å². The molecule has 24 heavy (non-hydrogen) atoms. The Morgan fingerprint density at radius 2 is 1.83 bits per heavy atom. The second-order valence-corrected chi connectivity index (χ2v) is 5.92. The van der Waals surface area contributed by atoms with Crippen molar-refractivity contribution in [2.75, 3.05) is 18.0 Å². The highest BCUT2D eigenvalue weighted by molar-refractivity contribution is 5.40. The van der Waals surface area contributed by atoms with Gasteiger partial charge in [0.1, 0.15) is 11.4 Å². The highest BCUT2D eigenvalue weighted by atomic mass is 16.3. The van der Waals surface area contributed by atoms with Crippen molar-refractivity contribution in [2.45, 2.75) is 18.4 Å². The molecule has 0 saturated carbocycles. The number of anilines is 1. The van der Waals surface area contributed by atoms with Gasteiger partial charge in [-0.05, 0) is 31.0 Å². The number of hydrogen-bond donors (Lipinski definition) is 1. The molecule has 1 fully saturated rings. The van der Waals surface area contributed by atoms with Gasteiger partial charge in [0.15, 0.2) is 5.82 Å². The molecule has 1 N–H and O–H groups in total. The maximum absolute atomic E-state index is 10.9. The fraction of sp³-hybridized carbons (Fsp3) is 0.294. The molecule has 3 aromatic rings. The molecule has 1 saturated heterocycles. The summed E-state index contributed by atoms with van der Waals surface area (Å²) in [5.74, 6) is 1.48. The minimum absolute atomic E-state index is 0.609. The maximum atomic E-state index is 10.9. The largest absolute Gasteiger partial charge is 0.383 e. The van der Waals surface area contributed by atoms with E-state index in [0.29, 0.717) is 31.7 Å². The van der Waals surface area contributed by atoms with Crippen LogP contribution in [0.1, 0.15) is 18.5 Å². The minimum atomic E-state index is -0.870. The first-order chi connectivity index (χ1) is 11.7. The zero-order chi connectivity index (χ0) is 16.4. The Bertz CT molecular complexity index is 797. The second-order valence-electron chi connectivity index (χ2n) is 5.92. The predicted octanol–water partition coefficient (Wildman–Crippen LogP) is 1.55. The van der Waals surface area contributed by atoms with Crippen molar-refractivity contribution in [2.24, 2.45) is 0 Å². The Labute approximate surface area is 139 Å². The zero-order valence-electron chi connectivity index (χ0n) is 13.2. The molecule has 3 aromatic heterocycles. The molecular weight excluding hydrogens is 304 g/mol. The van der Waals surface area contributed by atoms with Crippen LogP contribution < -0.4 is 4.90 Å². The number of hydrogen-bond acceptors (Lipinski definition) is 6. The van der Waals surface area contributed by atoms with Gasteiger partial charge < -0.3 is 10.0 Å². The van der Waals surface area contributed by atoms with E-state index in [9.17, 15) is 5.11 Å². The normalized spacial score (nSPS) is 17.0. The molecule has 0 radical (unpaired) electrons. The van der Waals surface area contributed by atoms with Crippen LogP contribution in [0.5, 0.6) is 0 Å². The van der Waals surface area contributed by atoms with E-state index in [1.165, 1.54) is 0 Å². The highest BCUT2D eigenvalue weighted by Gasteiger charge is 2.35. The Kier molecular flexibility index (Phi) is 3.70. The van der Waals surface area contributed by atoms with Gasteiger partial charge in [-0.3, -0.25) is 9.97 Å². The predicted molar refractivity (Wildman–Crippen MR) is 88.7 cm³/mol. The smallest absolute Gasteiger partial charge is 0.173 e.